The maximum Gasteiger partial charge on any atom is 0.262 e. The molecule has 2 aromatic heterocycles. The quantitative estimate of drug-likeness (QED) is 0.148. The van der Waals surface area contributed by atoms with Crippen LogP contribution in [0.4, 0.5) is 11.4 Å². The number of piperidine rings is 1. The first-order valence-corrected chi connectivity index (χ1v) is 16.7. The molecule has 4 aromatic rings. The van der Waals surface area contributed by atoms with Crippen LogP contribution in [0.3, 0.4) is 0 Å². The Hall–Kier alpha value is -5.21. The Labute approximate surface area is 280 Å². The van der Waals surface area contributed by atoms with Gasteiger partial charge in [0.05, 0.1) is 65.2 Å². The van der Waals surface area contributed by atoms with E-state index < -0.39 is 35.7 Å². The SMILES string of the molecule is O=C1CCC(N2C(=O)c3ccc(NCC4CC(n5cc(-c6cnc7c(NC(CO)CO)cccc7n6)c(C6CC6)n5)C4)cc3C2=O)C(=O)N1. The zero-order valence-corrected chi connectivity index (χ0v) is 26.6. The summed E-state index contributed by atoms with van der Waals surface area (Å²) in [6, 6.07) is 9.46. The fraction of sp³-hybridized carbons (Fsp3) is 0.400. The molecule has 2 aliphatic heterocycles. The van der Waals surface area contributed by atoms with E-state index in [0.29, 0.717) is 35.1 Å². The molecule has 49 heavy (non-hydrogen) atoms. The van der Waals surface area contributed by atoms with Crippen molar-refractivity contribution in [2.24, 2.45) is 5.92 Å². The summed E-state index contributed by atoms with van der Waals surface area (Å²) in [6.45, 7) is 0.285. The normalized spacial score (nSPS) is 22.0. The van der Waals surface area contributed by atoms with Crippen molar-refractivity contribution in [3.8, 4) is 11.3 Å². The lowest BCUT2D eigenvalue weighted by Crippen LogP contribution is -2.54. The van der Waals surface area contributed by atoms with Gasteiger partial charge in [0.15, 0.2) is 0 Å². The van der Waals surface area contributed by atoms with Crippen molar-refractivity contribution in [3.05, 3.63) is 65.6 Å². The second kappa shape index (κ2) is 12.3. The van der Waals surface area contributed by atoms with Gasteiger partial charge in [0, 0.05) is 36.3 Å². The Bertz CT molecular complexity index is 2000. The molecule has 4 aliphatic rings. The lowest BCUT2D eigenvalue weighted by Gasteiger charge is -2.35. The predicted octanol–water partition coefficient (Wildman–Crippen LogP) is 2.60. The van der Waals surface area contributed by atoms with Gasteiger partial charge in [-0.2, -0.15) is 5.10 Å². The average Bonchev–Trinajstić information content (AvgIpc) is 3.80. The highest BCUT2D eigenvalue weighted by molar-refractivity contribution is 6.23. The van der Waals surface area contributed by atoms with Crippen LogP contribution >= 0.6 is 0 Å². The Kier molecular flexibility index (Phi) is 7.83. The molecule has 0 bridgehead atoms. The molecule has 14 heteroatoms. The van der Waals surface area contributed by atoms with Crippen LogP contribution in [0.25, 0.3) is 22.3 Å². The molecule has 3 fully saturated rings. The molecule has 14 nitrogen and oxygen atoms in total. The van der Waals surface area contributed by atoms with E-state index in [9.17, 15) is 29.4 Å². The number of nitrogens with zero attached hydrogens (tertiary/aromatic N) is 5. The number of carbonyl (C=O) groups is 4. The van der Waals surface area contributed by atoms with E-state index in [0.717, 1.165) is 53.2 Å². The van der Waals surface area contributed by atoms with Gasteiger partial charge in [-0.1, -0.05) is 6.07 Å². The molecule has 0 spiro atoms. The number of fused-ring (bicyclic) bond motifs is 2. The van der Waals surface area contributed by atoms with Crippen LogP contribution in [0.15, 0.2) is 48.8 Å². The van der Waals surface area contributed by atoms with Gasteiger partial charge in [-0.3, -0.25) is 39.1 Å². The van der Waals surface area contributed by atoms with E-state index in [1.165, 1.54) is 0 Å². The molecule has 1 unspecified atom stereocenters. The minimum Gasteiger partial charge on any atom is -0.394 e. The second-order valence-electron chi connectivity index (χ2n) is 13.4. The van der Waals surface area contributed by atoms with Gasteiger partial charge in [0.1, 0.15) is 11.6 Å². The van der Waals surface area contributed by atoms with Gasteiger partial charge in [-0.25, -0.2) is 4.98 Å². The summed E-state index contributed by atoms with van der Waals surface area (Å²) in [4.78, 5) is 60.7. The van der Waals surface area contributed by atoms with Crippen molar-refractivity contribution in [1.29, 1.82) is 0 Å². The van der Waals surface area contributed by atoms with Crippen LogP contribution in [0.2, 0.25) is 0 Å². The summed E-state index contributed by atoms with van der Waals surface area (Å²) >= 11 is 0. The molecule has 5 N–H and O–H groups in total. The monoisotopic (exact) mass is 664 g/mol. The summed E-state index contributed by atoms with van der Waals surface area (Å²) in [5, 5.41) is 32.8. The highest BCUT2D eigenvalue weighted by atomic mass is 16.3. The van der Waals surface area contributed by atoms with Gasteiger partial charge in [-0.05, 0) is 68.4 Å². The molecular formula is C35H36N8O6. The number of benzene rings is 2. The molecule has 0 radical (unpaired) electrons. The zero-order valence-electron chi connectivity index (χ0n) is 26.6. The maximum absolute atomic E-state index is 13.2. The van der Waals surface area contributed by atoms with E-state index in [4.69, 9.17) is 15.1 Å². The highest BCUT2D eigenvalue weighted by Crippen LogP contribution is 2.46. The van der Waals surface area contributed by atoms with Crippen molar-refractivity contribution in [2.75, 3.05) is 30.4 Å². The van der Waals surface area contributed by atoms with Crippen LogP contribution in [-0.4, -0.2) is 90.3 Å². The van der Waals surface area contributed by atoms with E-state index in [-0.39, 0.29) is 43.2 Å². The smallest absolute Gasteiger partial charge is 0.262 e. The fourth-order valence-electron chi connectivity index (χ4n) is 7.03. The number of hydrogen-bond acceptors (Lipinski definition) is 11. The lowest BCUT2D eigenvalue weighted by atomic mass is 9.80. The maximum atomic E-state index is 13.2. The van der Waals surface area contributed by atoms with Crippen molar-refractivity contribution in [3.63, 3.8) is 0 Å². The summed E-state index contributed by atoms with van der Waals surface area (Å²) in [7, 11) is 0. The lowest BCUT2D eigenvalue weighted by molar-refractivity contribution is -0.136. The van der Waals surface area contributed by atoms with E-state index in [1.807, 2.05) is 18.2 Å². The van der Waals surface area contributed by atoms with Crippen molar-refractivity contribution in [1.82, 2.24) is 30.0 Å². The summed E-state index contributed by atoms with van der Waals surface area (Å²) < 4.78 is 2.07. The third-order valence-electron chi connectivity index (χ3n) is 9.99. The fourth-order valence-corrected chi connectivity index (χ4v) is 7.03. The summed E-state index contributed by atoms with van der Waals surface area (Å²) in [6.07, 6.45) is 8.11. The van der Waals surface area contributed by atoms with Crippen LogP contribution in [0, 0.1) is 5.92 Å². The van der Waals surface area contributed by atoms with E-state index in [1.54, 1.807) is 24.4 Å². The molecule has 1 atom stereocenters. The first-order valence-electron chi connectivity index (χ1n) is 16.7. The molecule has 252 valence electrons. The molecular weight excluding hydrogens is 628 g/mol. The number of hydrogen-bond donors (Lipinski definition) is 5. The molecule has 8 rings (SSSR count). The number of carbonyl (C=O) groups excluding carboxylic acids is 4. The van der Waals surface area contributed by atoms with Gasteiger partial charge in [-0.15, -0.1) is 0 Å². The topological polar surface area (TPSA) is 192 Å². The molecule has 2 saturated carbocycles. The van der Waals surface area contributed by atoms with Crippen LogP contribution in [-0.2, 0) is 9.59 Å². The Morgan fingerprint density at radius 1 is 0.959 bits per heavy atom. The number of amides is 4. The predicted molar refractivity (Wildman–Crippen MR) is 178 cm³/mol. The average molecular weight is 665 g/mol. The van der Waals surface area contributed by atoms with Crippen molar-refractivity contribution >= 4 is 46.0 Å². The van der Waals surface area contributed by atoms with Gasteiger partial charge < -0.3 is 20.8 Å². The van der Waals surface area contributed by atoms with Crippen molar-refractivity contribution in [2.45, 2.75) is 62.6 Å². The Morgan fingerprint density at radius 2 is 1.76 bits per heavy atom. The number of aliphatic hydroxyl groups is 2. The van der Waals surface area contributed by atoms with Crippen LogP contribution in [0.5, 0.6) is 0 Å². The molecule has 2 aliphatic carbocycles. The number of para-hydroxylation sites is 1. The number of nitrogens with one attached hydrogen (secondary N) is 3. The molecule has 4 amide bonds. The number of aliphatic hydroxyl groups excluding tert-OH is 2. The Morgan fingerprint density at radius 3 is 2.51 bits per heavy atom. The number of imide groups is 2. The van der Waals surface area contributed by atoms with E-state index in [2.05, 4.69) is 26.8 Å². The van der Waals surface area contributed by atoms with Gasteiger partial charge in [0.25, 0.3) is 11.8 Å². The molecule has 2 aromatic carbocycles. The highest BCUT2D eigenvalue weighted by Gasteiger charge is 2.44. The number of rotatable bonds is 11. The minimum absolute atomic E-state index is 0.0801. The number of aromatic nitrogens is 4. The van der Waals surface area contributed by atoms with Gasteiger partial charge in [0.2, 0.25) is 11.8 Å². The van der Waals surface area contributed by atoms with Crippen molar-refractivity contribution < 1.29 is 29.4 Å². The standard InChI is InChI=1S/C35H36N8O6/c44-16-21(17-45)38-26-2-1-3-27-32(26)37-14-28(39-27)25-15-42(41-31(25)19-4-5-19)22-10-18(11-22)13-36-20-6-7-23-24(12-20)35(49)43(34(23)48)29-8-9-30(46)40-33(29)47/h1-3,6-7,12,14-15,18-19,21-22,29,36,38,44-45H,4-5,8-11,13,16-17H2,(H,40,46,47). The minimum atomic E-state index is -0.988. The Balaban J connectivity index is 0.923. The van der Waals surface area contributed by atoms with Crippen LogP contribution in [0.1, 0.15) is 76.9 Å². The molecule has 4 heterocycles. The zero-order chi connectivity index (χ0) is 33.8. The summed E-state index contributed by atoms with van der Waals surface area (Å²) in [5.74, 6) is -1.26. The third-order valence-corrected chi connectivity index (χ3v) is 9.99. The second-order valence-corrected chi connectivity index (χ2v) is 13.4. The third kappa shape index (κ3) is 5.70. The van der Waals surface area contributed by atoms with Crippen LogP contribution < -0.4 is 16.0 Å². The first kappa shape index (κ1) is 31.1. The first-order chi connectivity index (χ1) is 23.8. The van der Waals surface area contributed by atoms with E-state index >= 15 is 0 Å². The number of anilines is 2. The largest absolute Gasteiger partial charge is 0.394 e. The molecule has 1 saturated heterocycles. The van der Waals surface area contributed by atoms with Gasteiger partial charge >= 0.3 is 0 Å². The summed E-state index contributed by atoms with van der Waals surface area (Å²) in [5.41, 5.74) is 6.12.